The van der Waals surface area contributed by atoms with E-state index >= 15 is 0 Å². The van der Waals surface area contributed by atoms with Gasteiger partial charge in [0.25, 0.3) is 5.91 Å². The molecule has 0 radical (unpaired) electrons. The number of nitrogens with one attached hydrogen (secondary N) is 1. The molecule has 1 aromatic carbocycles. The molecule has 7 heteroatoms. The third-order valence-electron chi connectivity index (χ3n) is 4.05. The zero-order chi connectivity index (χ0) is 18.4. The second kappa shape index (κ2) is 8.62. The fraction of sp³-hybridized carbons (Fsp3) is 0.421. The largest absolute Gasteiger partial charge is 0.484 e. The van der Waals surface area contributed by atoms with E-state index in [0.717, 1.165) is 30.0 Å². The van der Waals surface area contributed by atoms with Crippen molar-refractivity contribution in [2.24, 2.45) is 0 Å². The first kappa shape index (κ1) is 18.1. The van der Waals surface area contributed by atoms with Crippen LogP contribution in [0.1, 0.15) is 17.0 Å². The SMILES string of the molecule is Cc1ccc(OCC(=O)NCc2cc(C)nc(N3CCOCC3)n2)cc1. The lowest BCUT2D eigenvalue weighted by molar-refractivity contribution is -0.123. The van der Waals surface area contributed by atoms with E-state index in [4.69, 9.17) is 9.47 Å². The molecule has 0 saturated carbocycles. The molecule has 0 unspecified atom stereocenters. The van der Waals surface area contributed by atoms with Crippen LogP contribution >= 0.6 is 0 Å². The summed E-state index contributed by atoms with van der Waals surface area (Å²) in [5, 5.41) is 2.84. The van der Waals surface area contributed by atoms with E-state index in [9.17, 15) is 4.79 Å². The van der Waals surface area contributed by atoms with Gasteiger partial charge in [0.2, 0.25) is 5.95 Å². The Morgan fingerprint density at radius 2 is 1.92 bits per heavy atom. The molecule has 3 rings (SSSR count). The van der Waals surface area contributed by atoms with Crippen molar-refractivity contribution >= 4 is 11.9 Å². The molecule has 1 aromatic heterocycles. The first-order chi connectivity index (χ1) is 12.6. The molecule has 2 aromatic rings. The minimum atomic E-state index is -0.185. The van der Waals surface area contributed by atoms with Crippen LogP contribution in [0.25, 0.3) is 0 Å². The number of carbonyl (C=O) groups excluding carboxylic acids is 1. The topological polar surface area (TPSA) is 76.6 Å². The highest BCUT2D eigenvalue weighted by atomic mass is 16.5. The second-order valence-corrected chi connectivity index (χ2v) is 6.28. The molecule has 0 bridgehead atoms. The summed E-state index contributed by atoms with van der Waals surface area (Å²) in [7, 11) is 0. The quantitative estimate of drug-likeness (QED) is 0.848. The van der Waals surface area contributed by atoms with Crippen LogP contribution in [-0.2, 0) is 16.1 Å². The van der Waals surface area contributed by atoms with E-state index in [1.165, 1.54) is 0 Å². The number of rotatable bonds is 6. The molecule has 0 spiro atoms. The lowest BCUT2D eigenvalue weighted by Crippen LogP contribution is -2.37. The van der Waals surface area contributed by atoms with Gasteiger partial charge < -0.3 is 19.7 Å². The average Bonchev–Trinajstić information content (AvgIpc) is 2.66. The van der Waals surface area contributed by atoms with Crippen molar-refractivity contribution in [1.29, 1.82) is 0 Å². The fourth-order valence-corrected chi connectivity index (χ4v) is 2.64. The van der Waals surface area contributed by atoms with Crippen LogP contribution in [0.15, 0.2) is 30.3 Å². The first-order valence-electron chi connectivity index (χ1n) is 8.73. The van der Waals surface area contributed by atoms with Gasteiger partial charge in [-0.25, -0.2) is 9.97 Å². The predicted molar refractivity (Wildman–Crippen MR) is 98.3 cm³/mol. The number of hydrogen-bond donors (Lipinski definition) is 1. The van der Waals surface area contributed by atoms with Gasteiger partial charge in [-0.05, 0) is 32.0 Å². The Balaban J connectivity index is 1.52. The number of carbonyl (C=O) groups is 1. The van der Waals surface area contributed by atoms with Crippen molar-refractivity contribution < 1.29 is 14.3 Å². The summed E-state index contributed by atoms with van der Waals surface area (Å²) in [4.78, 5) is 23.2. The predicted octanol–water partition coefficient (Wildman–Crippen LogP) is 1.63. The van der Waals surface area contributed by atoms with Crippen LogP contribution < -0.4 is 15.0 Å². The van der Waals surface area contributed by atoms with Crippen LogP contribution in [-0.4, -0.2) is 48.8 Å². The number of amides is 1. The Kier molecular flexibility index (Phi) is 6.01. The first-order valence-corrected chi connectivity index (χ1v) is 8.73. The van der Waals surface area contributed by atoms with Gasteiger partial charge >= 0.3 is 0 Å². The van der Waals surface area contributed by atoms with Crippen molar-refractivity contribution in [2.45, 2.75) is 20.4 Å². The molecule has 0 atom stereocenters. The molecule has 0 aliphatic carbocycles. The van der Waals surface area contributed by atoms with Gasteiger partial charge in [0, 0.05) is 18.8 Å². The second-order valence-electron chi connectivity index (χ2n) is 6.28. The Bertz CT molecular complexity index is 743. The van der Waals surface area contributed by atoms with Gasteiger partial charge in [0.05, 0.1) is 25.5 Å². The maximum Gasteiger partial charge on any atom is 0.258 e. The molecule has 1 saturated heterocycles. The van der Waals surface area contributed by atoms with Crippen LogP contribution in [0.2, 0.25) is 0 Å². The Morgan fingerprint density at radius 1 is 1.19 bits per heavy atom. The van der Waals surface area contributed by atoms with Crippen LogP contribution in [0.4, 0.5) is 5.95 Å². The van der Waals surface area contributed by atoms with Crippen LogP contribution in [0, 0.1) is 13.8 Å². The summed E-state index contributed by atoms with van der Waals surface area (Å²) < 4.78 is 10.8. The number of ether oxygens (including phenoxy) is 2. The number of benzene rings is 1. The van der Waals surface area contributed by atoms with Crippen molar-refractivity contribution in [3.05, 3.63) is 47.3 Å². The van der Waals surface area contributed by atoms with Crippen molar-refractivity contribution in [3.63, 3.8) is 0 Å². The summed E-state index contributed by atoms with van der Waals surface area (Å²) in [6.45, 7) is 7.17. The van der Waals surface area contributed by atoms with E-state index in [1.54, 1.807) is 0 Å². The summed E-state index contributed by atoms with van der Waals surface area (Å²) in [5.74, 6) is 1.18. The van der Waals surface area contributed by atoms with E-state index in [2.05, 4.69) is 20.2 Å². The van der Waals surface area contributed by atoms with E-state index in [1.807, 2.05) is 44.2 Å². The van der Waals surface area contributed by atoms with E-state index < -0.39 is 0 Å². The molecular formula is C19H24N4O3. The van der Waals surface area contributed by atoms with E-state index in [-0.39, 0.29) is 12.5 Å². The Morgan fingerprint density at radius 3 is 2.65 bits per heavy atom. The molecular weight excluding hydrogens is 332 g/mol. The van der Waals surface area contributed by atoms with Crippen LogP contribution in [0.3, 0.4) is 0 Å². The number of hydrogen-bond acceptors (Lipinski definition) is 6. The monoisotopic (exact) mass is 356 g/mol. The molecule has 26 heavy (non-hydrogen) atoms. The summed E-state index contributed by atoms with van der Waals surface area (Å²) >= 11 is 0. The van der Waals surface area contributed by atoms with E-state index in [0.29, 0.717) is 31.5 Å². The lowest BCUT2D eigenvalue weighted by atomic mass is 10.2. The number of morpholine rings is 1. The number of nitrogens with zero attached hydrogens (tertiary/aromatic N) is 3. The average molecular weight is 356 g/mol. The molecule has 1 aliphatic heterocycles. The van der Waals surface area contributed by atoms with Crippen molar-refractivity contribution in [1.82, 2.24) is 15.3 Å². The molecule has 2 heterocycles. The zero-order valence-corrected chi connectivity index (χ0v) is 15.2. The molecule has 1 N–H and O–H groups in total. The highest BCUT2D eigenvalue weighted by molar-refractivity contribution is 5.77. The van der Waals surface area contributed by atoms with Gasteiger partial charge in [0.15, 0.2) is 6.61 Å². The van der Waals surface area contributed by atoms with Crippen molar-refractivity contribution in [2.75, 3.05) is 37.8 Å². The molecule has 138 valence electrons. The summed E-state index contributed by atoms with van der Waals surface area (Å²) in [5.41, 5.74) is 2.81. The fourth-order valence-electron chi connectivity index (χ4n) is 2.64. The number of aryl methyl sites for hydroxylation is 2. The highest BCUT2D eigenvalue weighted by Crippen LogP contribution is 2.13. The van der Waals surface area contributed by atoms with Crippen LogP contribution in [0.5, 0.6) is 5.75 Å². The van der Waals surface area contributed by atoms with Gasteiger partial charge in [-0.2, -0.15) is 0 Å². The molecule has 1 fully saturated rings. The van der Waals surface area contributed by atoms with Crippen molar-refractivity contribution in [3.8, 4) is 5.75 Å². The smallest absolute Gasteiger partial charge is 0.258 e. The third kappa shape index (κ3) is 5.16. The summed E-state index contributed by atoms with van der Waals surface area (Å²) in [6.07, 6.45) is 0. The van der Waals surface area contributed by atoms with Gasteiger partial charge in [-0.15, -0.1) is 0 Å². The third-order valence-corrected chi connectivity index (χ3v) is 4.05. The summed E-state index contributed by atoms with van der Waals surface area (Å²) in [6, 6.07) is 9.48. The minimum Gasteiger partial charge on any atom is -0.484 e. The lowest BCUT2D eigenvalue weighted by Gasteiger charge is -2.27. The molecule has 1 amide bonds. The maximum absolute atomic E-state index is 12.0. The van der Waals surface area contributed by atoms with Gasteiger partial charge in [-0.3, -0.25) is 4.79 Å². The normalized spacial score (nSPS) is 14.2. The standard InChI is InChI=1S/C19H24N4O3/c1-14-3-5-17(6-4-14)26-13-18(24)20-12-16-11-15(2)21-19(22-16)23-7-9-25-10-8-23/h3-6,11H,7-10,12-13H2,1-2H3,(H,20,24). The number of anilines is 1. The maximum atomic E-state index is 12.0. The van der Waals surface area contributed by atoms with Gasteiger partial charge in [-0.1, -0.05) is 17.7 Å². The number of aromatic nitrogens is 2. The zero-order valence-electron chi connectivity index (χ0n) is 15.2. The Hall–Kier alpha value is -2.67. The highest BCUT2D eigenvalue weighted by Gasteiger charge is 2.15. The Labute approximate surface area is 153 Å². The molecule has 7 nitrogen and oxygen atoms in total. The minimum absolute atomic E-state index is 0.0244. The van der Waals surface area contributed by atoms with Gasteiger partial charge in [0.1, 0.15) is 5.75 Å². The molecule has 1 aliphatic rings.